The minimum Gasteiger partial charge on any atom is -0.489 e. The number of ether oxygens (including phenoxy) is 8. The number of nitrogens with zero attached hydrogens (tertiary/aromatic N) is 5. The van der Waals surface area contributed by atoms with Crippen LogP contribution in [0.3, 0.4) is 0 Å². The molecule has 1 aliphatic carbocycles. The number of likely N-dealkylation sites (N-methyl/N-ethyl adjacent to an activating group) is 1. The third-order valence-electron chi connectivity index (χ3n) is 11.0. The van der Waals surface area contributed by atoms with Crippen LogP contribution in [-0.4, -0.2) is 158 Å². The van der Waals surface area contributed by atoms with Gasteiger partial charge in [-0.25, -0.2) is 4.39 Å². The van der Waals surface area contributed by atoms with Crippen molar-refractivity contribution in [3.05, 3.63) is 93.5 Å². The van der Waals surface area contributed by atoms with Gasteiger partial charge in [0, 0.05) is 93.2 Å². The van der Waals surface area contributed by atoms with Crippen molar-refractivity contribution in [2.24, 2.45) is 5.73 Å². The minimum absolute atomic E-state index is 0.0875. The molecule has 390 valence electrons. The molecule has 2 aliphatic rings. The lowest BCUT2D eigenvalue weighted by atomic mass is 10.1. The Morgan fingerprint density at radius 2 is 1.36 bits per heavy atom. The number of carbonyl (C=O) groups excluding carboxylic acids is 1. The number of fused-ring (bicyclic) bond motifs is 1. The number of hydrogen-bond donors (Lipinski definition) is 2. The van der Waals surface area contributed by atoms with Crippen LogP contribution in [0.2, 0.25) is 0 Å². The standard InChI is InChI=1S/C24H27FN4O3.C17H37NO7.C11H16N2/c1-16-9-17(5-6-27-16)12-26-13-18-14-29(19-3-4-19)22-11-23(32-8-7-28(2)15-30)21(25)10-20(22)24(18)31;1-2-4-19-6-8-21-10-12-23-14-16-25-17-15-24-13-11-22-9-7-20-5-3-18;1-10-5-6-11(9-12-10)13-7-3-2-4-8-13/h5-6,9-11,14-15,19,26H,3-4,7-8,12-13H2,1-2H3;2-18H2,1H3;5-6,9H,2-4,7-8H2,1H3. The molecule has 2 fully saturated rings. The SMILES string of the molecule is CCCOCCOCCOCCOCCOCCOCCOCCN.Cc1cc(CNCc2cn(C3CC3)c3cc(OCCN(C)C=O)c(F)cc3c2=O)ccn1.Cc1ccc(N2CCCCC2)cn1. The molecule has 1 aromatic carbocycles. The molecule has 0 radical (unpaired) electrons. The van der Waals surface area contributed by atoms with Gasteiger partial charge in [-0.1, -0.05) is 6.92 Å². The maximum absolute atomic E-state index is 14.7. The zero-order valence-electron chi connectivity index (χ0n) is 42.2. The van der Waals surface area contributed by atoms with Crippen LogP contribution in [-0.2, 0) is 51.0 Å². The number of piperidine rings is 1. The van der Waals surface area contributed by atoms with Crippen LogP contribution >= 0.6 is 0 Å². The number of anilines is 1. The quantitative estimate of drug-likeness (QED) is 0.0432. The Morgan fingerprint density at radius 1 is 0.757 bits per heavy atom. The number of nitrogens with one attached hydrogen (secondary N) is 1. The topological polar surface area (TPSA) is 183 Å². The molecule has 4 aromatic rings. The molecule has 18 heteroatoms. The summed E-state index contributed by atoms with van der Waals surface area (Å²) in [4.78, 5) is 36.2. The molecule has 6 rings (SSSR count). The summed E-state index contributed by atoms with van der Waals surface area (Å²) in [5.74, 6) is -0.493. The molecule has 1 saturated carbocycles. The third kappa shape index (κ3) is 23.5. The number of carbonyl (C=O) groups is 1. The highest BCUT2D eigenvalue weighted by Gasteiger charge is 2.26. The van der Waals surface area contributed by atoms with Gasteiger partial charge in [-0.15, -0.1) is 0 Å². The molecule has 0 unspecified atom stereocenters. The first-order valence-corrected chi connectivity index (χ1v) is 24.9. The summed E-state index contributed by atoms with van der Waals surface area (Å²) < 4.78 is 59.7. The first-order chi connectivity index (χ1) is 34.2. The molecular weight excluding hydrogens is 902 g/mol. The van der Waals surface area contributed by atoms with Gasteiger partial charge in [0.05, 0.1) is 110 Å². The maximum atomic E-state index is 14.7. The number of aryl methyl sites for hydroxylation is 2. The number of rotatable bonds is 33. The molecular formula is C52H80FN7O10. The van der Waals surface area contributed by atoms with Gasteiger partial charge >= 0.3 is 0 Å². The molecule has 3 N–H and O–H groups in total. The van der Waals surface area contributed by atoms with Gasteiger partial charge in [0.2, 0.25) is 6.41 Å². The molecule has 0 spiro atoms. The van der Waals surface area contributed by atoms with Crippen molar-refractivity contribution in [3.8, 4) is 5.75 Å². The highest BCUT2D eigenvalue weighted by atomic mass is 19.1. The van der Waals surface area contributed by atoms with Crippen molar-refractivity contribution in [3.63, 3.8) is 0 Å². The number of halogens is 1. The summed E-state index contributed by atoms with van der Waals surface area (Å²) in [6.07, 6.45) is 13.5. The van der Waals surface area contributed by atoms with Crippen molar-refractivity contribution in [1.82, 2.24) is 24.8 Å². The Bertz CT molecular complexity index is 2050. The molecule has 0 atom stereocenters. The van der Waals surface area contributed by atoms with Crippen molar-refractivity contribution < 1.29 is 47.1 Å². The van der Waals surface area contributed by atoms with E-state index in [2.05, 4.69) is 43.8 Å². The number of amides is 1. The lowest BCUT2D eigenvalue weighted by Gasteiger charge is -2.28. The molecule has 17 nitrogen and oxygen atoms in total. The average Bonchev–Trinajstić information content (AvgIpc) is 4.22. The van der Waals surface area contributed by atoms with Crippen molar-refractivity contribution in [2.75, 3.05) is 137 Å². The Hall–Kier alpha value is -4.63. The van der Waals surface area contributed by atoms with E-state index in [0.717, 1.165) is 42.8 Å². The number of benzene rings is 1. The third-order valence-corrected chi connectivity index (χ3v) is 11.0. The molecule has 70 heavy (non-hydrogen) atoms. The predicted molar refractivity (Wildman–Crippen MR) is 270 cm³/mol. The van der Waals surface area contributed by atoms with E-state index in [1.807, 2.05) is 38.4 Å². The second kappa shape index (κ2) is 35.5. The van der Waals surface area contributed by atoms with E-state index in [-0.39, 0.29) is 17.8 Å². The first kappa shape index (κ1) is 57.9. The number of aromatic nitrogens is 3. The summed E-state index contributed by atoms with van der Waals surface area (Å²) in [6.45, 7) is 18.7. The maximum Gasteiger partial charge on any atom is 0.209 e. The van der Waals surface area contributed by atoms with Crippen LogP contribution in [0.15, 0.2) is 59.8 Å². The van der Waals surface area contributed by atoms with Gasteiger partial charge in [0.15, 0.2) is 17.0 Å². The van der Waals surface area contributed by atoms with Crippen LogP contribution in [0, 0.1) is 19.7 Å². The van der Waals surface area contributed by atoms with E-state index in [1.54, 1.807) is 19.3 Å². The zero-order valence-corrected chi connectivity index (χ0v) is 42.2. The number of nitrogens with two attached hydrogens (primary N) is 1. The lowest BCUT2D eigenvalue weighted by Crippen LogP contribution is -2.29. The van der Waals surface area contributed by atoms with E-state index in [9.17, 15) is 14.0 Å². The van der Waals surface area contributed by atoms with Crippen LogP contribution in [0.4, 0.5) is 10.1 Å². The molecule has 0 bridgehead atoms. The second-order valence-corrected chi connectivity index (χ2v) is 17.0. The summed E-state index contributed by atoms with van der Waals surface area (Å²) in [7, 11) is 1.63. The van der Waals surface area contributed by atoms with Gasteiger partial charge in [-0.3, -0.25) is 19.6 Å². The Labute approximate surface area is 414 Å². The highest BCUT2D eigenvalue weighted by molar-refractivity contribution is 5.81. The van der Waals surface area contributed by atoms with Gasteiger partial charge < -0.3 is 63.3 Å². The van der Waals surface area contributed by atoms with Gasteiger partial charge in [-0.05, 0) is 88.3 Å². The Kier molecular flexibility index (Phi) is 29.4. The van der Waals surface area contributed by atoms with Gasteiger partial charge in [0.25, 0.3) is 0 Å². The molecule has 1 amide bonds. The van der Waals surface area contributed by atoms with Crippen molar-refractivity contribution >= 4 is 23.0 Å². The minimum atomic E-state index is -0.580. The normalized spacial score (nSPS) is 13.4. The van der Waals surface area contributed by atoms with Crippen LogP contribution in [0.1, 0.15) is 74.0 Å². The molecule has 1 aliphatic heterocycles. The fraction of sp³-hybridized carbons (Fsp3) is 0.615. The molecule has 1 saturated heterocycles. The predicted octanol–water partition coefficient (Wildman–Crippen LogP) is 5.79. The average molecular weight is 982 g/mol. The summed E-state index contributed by atoms with van der Waals surface area (Å²) in [5.41, 5.74) is 10.8. The van der Waals surface area contributed by atoms with Gasteiger partial charge in [0.1, 0.15) is 6.61 Å². The van der Waals surface area contributed by atoms with E-state index < -0.39 is 5.82 Å². The first-order valence-electron chi connectivity index (χ1n) is 24.9. The van der Waals surface area contributed by atoms with E-state index in [0.29, 0.717) is 141 Å². The van der Waals surface area contributed by atoms with Crippen LogP contribution < -0.4 is 26.1 Å². The highest BCUT2D eigenvalue weighted by Crippen LogP contribution is 2.38. The summed E-state index contributed by atoms with van der Waals surface area (Å²) >= 11 is 0. The second-order valence-electron chi connectivity index (χ2n) is 17.0. The Balaban J connectivity index is 0.000000248. The largest absolute Gasteiger partial charge is 0.489 e. The lowest BCUT2D eigenvalue weighted by molar-refractivity contribution is -0.117. The van der Waals surface area contributed by atoms with E-state index in [1.165, 1.54) is 49.0 Å². The fourth-order valence-electron chi connectivity index (χ4n) is 7.15. The summed E-state index contributed by atoms with van der Waals surface area (Å²) in [5, 5.41) is 3.67. The molecule has 3 aromatic heterocycles. The van der Waals surface area contributed by atoms with E-state index >= 15 is 0 Å². The fourth-order valence-corrected chi connectivity index (χ4v) is 7.15. The Morgan fingerprint density at radius 3 is 1.89 bits per heavy atom. The zero-order chi connectivity index (χ0) is 50.0. The van der Waals surface area contributed by atoms with Crippen LogP contribution in [0.25, 0.3) is 10.9 Å². The number of pyridine rings is 3. The monoisotopic (exact) mass is 982 g/mol. The van der Waals surface area contributed by atoms with Crippen LogP contribution in [0.5, 0.6) is 5.75 Å². The van der Waals surface area contributed by atoms with Crippen molar-refractivity contribution in [2.45, 2.75) is 78.4 Å². The van der Waals surface area contributed by atoms with Gasteiger partial charge in [-0.2, -0.15) is 0 Å². The summed E-state index contributed by atoms with van der Waals surface area (Å²) in [6, 6.07) is 11.4. The van der Waals surface area contributed by atoms with E-state index in [4.69, 9.17) is 43.6 Å². The van der Waals surface area contributed by atoms with Crippen molar-refractivity contribution in [1.29, 1.82) is 0 Å². The number of hydrogen-bond acceptors (Lipinski definition) is 15. The molecule has 4 heterocycles. The smallest absolute Gasteiger partial charge is 0.209 e.